The van der Waals surface area contributed by atoms with Gasteiger partial charge in [-0.1, -0.05) is 60.7 Å². The number of ketones is 2. The molecule has 0 saturated carbocycles. The molecule has 0 unspecified atom stereocenters. The van der Waals surface area contributed by atoms with E-state index in [0.29, 0.717) is 11.5 Å². The predicted octanol–water partition coefficient (Wildman–Crippen LogP) is 8.47. The molecule has 0 radical (unpaired) electrons. The molecule has 2 aliphatic carbocycles. The second-order valence-corrected chi connectivity index (χ2v) is 11.2. The minimum Gasteiger partial charge on any atom is -0.457 e. The van der Waals surface area contributed by atoms with E-state index in [0.717, 1.165) is 67.8 Å². The van der Waals surface area contributed by atoms with Crippen LogP contribution in [-0.2, 0) is 9.59 Å². The highest BCUT2D eigenvalue weighted by molar-refractivity contribution is 6.20. The van der Waals surface area contributed by atoms with Crippen LogP contribution in [-0.4, -0.2) is 23.0 Å². The number of rotatable bonds is 4. The number of nitrogens with zero attached hydrogens (tertiary/aromatic N) is 2. The maximum Gasteiger partial charge on any atom is 0.178 e. The number of anilines is 2. The van der Waals surface area contributed by atoms with E-state index in [4.69, 9.17) is 14.7 Å². The molecule has 4 aromatic carbocycles. The molecule has 0 saturated heterocycles. The van der Waals surface area contributed by atoms with Gasteiger partial charge in [0.05, 0.1) is 45.6 Å². The summed E-state index contributed by atoms with van der Waals surface area (Å²) in [6, 6.07) is 31.4. The molecule has 8 rings (SSSR count). The number of hydrogen-bond acceptors (Lipinski definition) is 7. The van der Waals surface area contributed by atoms with Gasteiger partial charge in [0, 0.05) is 34.4 Å². The first-order valence-electron chi connectivity index (χ1n) is 15.2. The van der Waals surface area contributed by atoms with E-state index in [2.05, 4.69) is 10.6 Å². The average molecular weight is 611 g/mol. The van der Waals surface area contributed by atoms with Crippen molar-refractivity contribution in [3.05, 3.63) is 179 Å². The van der Waals surface area contributed by atoms with E-state index in [1.807, 2.05) is 97.1 Å². The number of ether oxygens (including phenoxy) is 1. The van der Waals surface area contributed by atoms with Crippen LogP contribution in [0.15, 0.2) is 178 Å². The lowest BCUT2D eigenvalue weighted by Gasteiger charge is -2.24. The van der Waals surface area contributed by atoms with E-state index in [1.165, 1.54) is 0 Å². The zero-order chi connectivity index (χ0) is 31.7. The molecule has 0 atom stereocenters. The summed E-state index contributed by atoms with van der Waals surface area (Å²) >= 11 is 0. The van der Waals surface area contributed by atoms with Crippen molar-refractivity contribution in [2.45, 2.75) is 0 Å². The van der Waals surface area contributed by atoms with Gasteiger partial charge in [0.1, 0.15) is 11.5 Å². The molecule has 2 aliphatic heterocycles. The van der Waals surface area contributed by atoms with Crippen LogP contribution in [0.25, 0.3) is 0 Å². The van der Waals surface area contributed by atoms with Crippen LogP contribution in [0.2, 0.25) is 0 Å². The van der Waals surface area contributed by atoms with Gasteiger partial charge in [0.15, 0.2) is 11.6 Å². The van der Waals surface area contributed by atoms with Crippen LogP contribution < -0.4 is 15.4 Å². The van der Waals surface area contributed by atoms with Gasteiger partial charge >= 0.3 is 0 Å². The number of aliphatic imine (C=N–C) groups is 2. The molecular formula is C40H26N4O3. The van der Waals surface area contributed by atoms with Gasteiger partial charge in [-0.3, -0.25) is 9.59 Å². The number of benzene rings is 4. The molecule has 7 nitrogen and oxygen atoms in total. The fourth-order valence-electron chi connectivity index (χ4n) is 5.70. The molecule has 4 aliphatic rings. The summed E-state index contributed by atoms with van der Waals surface area (Å²) in [5.41, 5.74) is 9.96. The summed E-state index contributed by atoms with van der Waals surface area (Å²) in [4.78, 5) is 33.7. The molecule has 47 heavy (non-hydrogen) atoms. The molecule has 7 heteroatoms. The van der Waals surface area contributed by atoms with Crippen molar-refractivity contribution in [1.82, 2.24) is 0 Å². The maximum absolute atomic E-state index is 11.8. The minimum atomic E-state index is -0.0500. The lowest BCUT2D eigenvalue weighted by Crippen LogP contribution is -2.19. The Morgan fingerprint density at radius 1 is 0.468 bits per heavy atom. The van der Waals surface area contributed by atoms with E-state index in [-0.39, 0.29) is 11.6 Å². The van der Waals surface area contributed by atoms with Crippen molar-refractivity contribution in [1.29, 1.82) is 0 Å². The number of carbonyl (C=O) groups excluding carboxylic acids is 2. The van der Waals surface area contributed by atoms with Crippen LogP contribution in [0.4, 0.5) is 22.7 Å². The molecule has 0 amide bonds. The molecule has 0 spiro atoms. The van der Waals surface area contributed by atoms with Gasteiger partial charge in [0.25, 0.3) is 0 Å². The number of hydrogen-bond donors (Lipinski definition) is 2. The first kappa shape index (κ1) is 27.9. The van der Waals surface area contributed by atoms with Crippen LogP contribution >= 0.6 is 0 Å². The third kappa shape index (κ3) is 5.58. The van der Waals surface area contributed by atoms with E-state index < -0.39 is 0 Å². The van der Waals surface area contributed by atoms with Crippen molar-refractivity contribution < 1.29 is 14.3 Å². The summed E-state index contributed by atoms with van der Waals surface area (Å²) in [7, 11) is 0. The molecule has 224 valence electrons. The fourth-order valence-corrected chi connectivity index (χ4v) is 5.70. The van der Waals surface area contributed by atoms with Gasteiger partial charge in [0.2, 0.25) is 0 Å². The Labute approximate surface area is 271 Å². The van der Waals surface area contributed by atoms with Crippen LogP contribution in [0.1, 0.15) is 11.1 Å². The van der Waals surface area contributed by atoms with Crippen molar-refractivity contribution in [3.8, 4) is 11.5 Å². The highest BCUT2D eigenvalue weighted by Gasteiger charge is 2.24. The van der Waals surface area contributed by atoms with Crippen LogP contribution in [0.5, 0.6) is 11.5 Å². The number of nitrogens with one attached hydrogen (secondary N) is 2. The van der Waals surface area contributed by atoms with Gasteiger partial charge in [-0.25, -0.2) is 9.98 Å². The fraction of sp³-hybridized carbons (Fsp3) is 0. The normalized spacial score (nSPS) is 16.3. The molecule has 2 heterocycles. The summed E-state index contributed by atoms with van der Waals surface area (Å²) in [5.74, 6) is 1.16. The summed E-state index contributed by atoms with van der Waals surface area (Å²) in [5, 5.41) is 7.11. The second-order valence-electron chi connectivity index (χ2n) is 11.2. The number of allylic oxidation sites excluding steroid dienone is 12. The average Bonchev–Trinajstić information content (AvgIpc) is 3.12. The Morgan fingerprint density at radius 3 is 1.28 bits per heavy atom. The number of carbonyl (C=O) groups is 2. The monoisotopic (exact) mass is 610 g/mol. The lowest BCUT2D eigenvalue weighted by molar-refractivity contribution is -0.111. The zero-order valence-corrected chi connectivity index (χ0v) is 25.0. The Bertz CT molecular complexity index is 2040. The SMILES string of the molecule is O=C1C=CC(=C2Nc3cc(Oc4ccc5c(c4)NC(=C4C=CC(=O)C=C4)C(c4ccccc4)=N5)ccc3N=C2c2ccccc2)C=C1. The lowest BCUT2D eigenvalue weighted by atomic mass is 9.97. The van der Waals surface area contributed by atoms with Crippen molar-refractivity contribution in [2.24, 2.45) is 9.98 Å². The van der Waals surface area contributed by atoms with Gasteiger partial charge < -0.3 is 15.4 Å². The zero-order valence-electron chi connectivity index (χ0n) is 25.0. The smallest absolute Gasteiger partial charge is 0.178 e. The highest BCUT2D eigenvalue weighted by atomic mass is 16.5. The van der Waals surface area contributed by atoms with Gasteiger partial charge in [-0.15, -0.1) is 0 Å². The molecule has 0 fully saturated rings. The molecule has 4 aromatic rings. The Hall–Kier alpha value is -6.60. The van der Waals surface area contributed by atoms with Crippen molar-refractivity contribution in [3.63, 3.8) is 0 Å². The molecule has 2 N–H and O–H groups in total. The van der Waals surface area contributed by atoms with Crippen LogP contribution in [0, 0.1) is 0 Å². The predicted molar refractivity (Wildman–Crippen MR) is 186 cm³/mol. The van der Waals surface area contributed by atoms with E-state index in [1.54, 1.807) is 48.6 Å². The molecular weight excluding hydrogens is 584 g/mol. The first-order chi connectivity index (χ1) is 23.1. The topological polar surface area (TPSA) is 92.2 Å². The van der Waals surface area contributed by atoms with Crippen molar-refractivity contribution >= 4 is 45.7 Å². The summed E-state index contributed by atoms with van der Waals surface area (Å²) in [6.07, 6.45) is 13.4. The van der Waals surface area contributed by atoms with E-state index in [9.17, 15) is 9.59 Å². The quantitative estimate of drug-likeness (QED) is 0.242. The summed E-state index contributed by atoms with van der Waals surface area (Å²) in [6.45, 7) is 0. The molecule has 0 bridgehead atoms. The molecule has 0 aromatic heterocycles. The third-order valence-electron chi connectivity index (χ3n) is 8.01. The first-order valence-corrected chi connectivity index (χ1v) is 15.2. The van der Waals surface area contributed by atoms with E-state index >= 15 is 0 Å². The standard InChI is InChI=1S/C40H26N4O3/c45-29-15-11-27(12-16-29)39-37(25-7-3-1-4-8-25)41-33-21-19-31(23-35(33)43-39)47-32-20-22-34-36(24-32)44-40(28-13-17-30(46)18-14-28)38(42-34)26-9-5-2-6-10-26/h1-24,43-44H. The largest absolute Gasteiger partial charge is 0.457 e. The third-order valence-corrected chi connectivity index (χ3v) is 8.01. The highest BCUT2D eigenvalue weighted by Crippen LogP contribution is 2.41. The Kier molecular flexibility index (Phi) is 6.96. The van der Waals surface area contributed by atoms with Gasteiger partial charge in [-0.2, -0.15) is 0 Å². The summed E-state index contributed by atoms with van der Waals surface area (Å²) < 4.78 is 6.37. The van der Waals surface area contributed by atoms with Crippen molar-refractivity contribution in [2.75, 3.05) is 10.6 Å². The minimum absolute atomic E-state index is 0.0500. The Morgan fingerprint density at radius 2 is 0.872 bits per heavy atom. The van der Waals surface area contributed by atoms with Crippen LogP contribution in [0.3, 0.4) is 0 Å². The Balaban J connectivity index is 1.13. The second kappa shape index (κ2) is 11.7. The maximum atomic E-state index is 11.8. The number of fused-ring (bicyclic) bond motifs is 2. The van der Waals surface area contributed by atoms with Gasteiger partial charge in [-0.05, 0) is 72.9 Å².